The van der Waals surface area contributed by atoms with Crippen LogP contribution in [-0.2, 0) is 0 Å². The normalized spacial score (nSPS) is 11.4. The van der Waals surface area contributed by atoms with E-state index in [0.29, 0.717) is 10.8 Å². The number of rotatable bonds is 0. The molecule has 2 heterocycles. The van der Waals surface area contributed by atoms with Crippen LogP contribution in [0.25, 0.3) is 16.4 Å². The zero-order chi connectivity index (χ0) is 11.3. The van der Waals surface area contributed by atoms with Gasteiger partial charge in [0.2, 0.25) is 0 Å². The maximum absolute atomic E-state index is 13.1. The maximum Gasteiger partial charge on any atom is 0.364 e. The van der Waals surface area contributed by atoms with Crippen LogP contribution in [-0.4, -0.2) is 19.8 Å². The zero-order valence-electron chi connectivity index (χ0n) is 7.74. The highest BCUT2D eigenvalue weighted by Gasteiger charge is 2.11. The number of nitrogens with zero attached hydrogens (tertiary/aromatic N) is 3. The Hall–Kier alpha value is -1.95. The van der Waals surface area contributed by atoms with E-state index in [0.717, 1.165) is 4.52 Å². The Morgan fingerprint density at radius 1 is 1.38 bits per heavy atom. The van der Waals surface area contributed by atoms with Gasteiger partial charge in [-0.05, 0) is 18.2 Å². The second kappa shape index (κ2) is 3.02. The summed E-state index contributed by atoms with van der Waals surface area (Å²) in [5.74, 6) is -0.424. The van der Waals surface area contributed by atoms with Gasteiger partial charge in [0.1, 0.15) is 5.82 Å². The van der Waals surface area contributed by atoms with Gasteiger partial charge in [-0.1, -0.05) is 11.6 Å². The average molecular weight is 239 g/mol. The summed E-state index contributed by atoms with van der Waals surface area (Å²) in [5, 5.41) is 11.0. The lowest BCUT2D eigenvalue weighted by atomic mass is 10.2. The van der Waals surface area contributed by atoms with E-state index in [1.165, 1.54) is 18.2 Å². The van der Waals surface area contributed by atoms with Crippen molar-refractivity contribution in [3.8, 4) is 0 Å². The number of fused-ring (bicyclic) bond motifs is 3. The summed E-state index contributed by atoms with van der Waals surface area (Å²) in [6, 6.07) is 4.04. The Kier molecular flexibility index (Phi) is 1.75. The molecule has 2 aromatic heterocycles. The highest BCUT2D eigenvalue weighted by molar-refractivity contribution is 6.34. The molecule has 0 atom stereocenters. The third-order valence-corrected chi connectivity index (χ3v) is 2.56. The van der Waals surface area contributed by atoms with Crippen LogP contribution in [0.15, 0.2) is 23.0 Å². The molecule has 0 fully saturated rings. The second-order valence-electron chi connectivity index (χ2n) is 3.24. The van der Waals surface area contributed by atoms with Crippen molar-refractivity contribution in [3.05, 3.63) is 39.7 Å². The highest BCUT2D eigenvalue weighted by atomic mass is 35.5. The highest BCUT2D eigenvalue weighted by Crippen LogP contribution is 2.23. The first-order valence-corrected chi connectivity index (χ1v) is 4.77. The van der Waals surface area contributed by atoms with Gasteiger partial charge in [0.25, 0.3) is 0 Å². The Morgan fingerprint density at radius 3 is 3.00 bits per heavy atom. The first kappa shape index (κ1) is 9.29. The Morgan fingerprint density at radius 2 is 2.19 bits per heavy atom. The zero-order valence-corrected chi connectivity index (χ0v) is 8.49. The smallest absolute Gasteiger partial charge is 0.244 e. The summed E-state index contributed by atoms with van der Waals surface area (Å²) >= 11 is 5.88. The minimum atomic E-state index is -0.511. The fourth-order valence-corrected chi connectivity index (χ4v) is 1.82. The minimum absolute atomic E-state index is 0.131. The van der Waals surface area contributed by atoms with E-state index in [1.807, 2.05) is 0 Å². The number of benzene rings is 1. The van der Waals surface area contributed by atoms with E-state index in [2.05, 4.69) is 15.3 Å². The van der Waals surface area contributed by atoms with Crippen LogP contribution in [0.3, 0.4) is 0 Å². The Balaban J connectivity index is 2.67. The van der Waals surface area contributed by atoms with Gasteiger partial charge < -0.3 is 0 Å². The standard InChI is InChI=1S/C9H4ClFN4O/c10-7-5-2-1-4(11)3-6(5)8-12-13-9(16)15(8)14-7/h1-3H,(H,13,16). The second-order valence-corrected chi connectivity index (χ2v) is 3.60. The van der Waals surface area contributed by atoms with Crippen LogP contribution in [0.5, 0.6) is 0 Å². The molecular formula is C9H4ClFN4O. The van der Waals surface area contributed by atoms with E-state index in [-0.39, 0.29) is 10.8 Å². The molecule has 0 aliphatic carbocycles. The van der Waals surface area contributed by atoms with E-state index in [1.54, 1.807) is 0 Å². The van der Waals surface area contributed by atoms with Gasteiger partial charge in [0, 0.05) is 10.8 Å². The molecule has 0 radical (unpaired) electrons. The van der Waals surface area contributed by atoms with Gasteiger partial charge >= 0.3 is 5.69 Å². The number of hydrogen-bond acceptors (Lipinski definition) is 3. The van der Waals surface area contributed by atoms with Gasteiger partial charge in [0.05, 0.1) is 0 Å². The predicted octanol–water partition coefficient (Wildman–Crippen LogP) is 1.36. The molecule has 16 heavy (non-hydrogen) atoms. The molecule has 0 bridgehead atoms. The number of nitrogens with one attached hydrogen (secondary N) is 1. The number of aromatic amines is 1. The molecule has 3 rings (SSSR count). The van der Waals surface area contributed by atoms with Crippen molar-refractivity contribution in [2.24, 2.45) is 0 Å². The van der Waals surface area contributed by atoms with E-state index < -0.39 is 11.5 Å². The van der Waals surface area contributed by atoms with Gasteiger partial charge in [-0.2, -0.15) is 9.61 Å². The number of halogens is 2. The monoisotopic (exact) mass is 238 g/mol. The molecule has 0 spiro atoms. The molecule has 0 amide bonds. The molecule has 5 nitrogen and oxygen atoms in total. The number of H-pyrrole nitrogens is 1. The van der Waals surface area contributed by atoms with Gasteiger partial charge in [-0.15, -0.1) is 5.10 Å². The van der Waals surface area contributed by atoms with Crippen molar-refractivity contribution in [2.45, 2.75) is 0 Å². The van der Waals surface area contributed by atoms with Gasteiger partial charge in [-0.3, -0.25) is 0 Å². The van der Waals surface area contributed by atoms with Crippen LogP contribution in [0.1, 0.15) is 0 Å². The van der Waals surface area contributed by atoms with Crippen LogP contribution in [0, 0.1) is 5.82 Å². The third-order valence-electron chi connectivity index (χ3n) is 2.28. The molecule has 1 aromatic carbocycles. The van der Waals surface area contributed by atoms with E-state index >= 15 is 0 Å². The van der Waals surface area contributed by atoms with Crippen LogP contribution < -0.4 is 5.69 Å². The molecule has 3 aromatic rings. The van der Waals surface area contributed by atoms with Crippen molar-refractivity contribution >= 4 is 28.0 Å². The summed E-state index contributed by atoms with van der Waals surface area (Å²) in [6.07, 6.45) is 0. The summed E-state index contributed by atoms with van der Waals surface area (Å²) < 4.78 is 14.1. The molecular weight excluding hydrogens is 235 g/mol. The topological polar surface area (TPSA) is 63.0 Å². The first-order chi connectivity index (χ1) is 7.66. The Bertz CT molecular complexity index is 763. The minimum Gasteiger partial charge on any atom is -0.244 e. The SMILES string of the molecule is O=c1[nH]nc2c3cc(F)ccc3c(Cl)nn12. The molecule has 0 aliphatic rings. The maximum atomic E-state index is 13.1. The van der Waals surface area contributed by atoms with E-state index in [9.17, 15) is 9.18 Å². The lowest BCUT2D eigenvalue weighted by molar-refractivity contribution is 0.629. The quantitative estimate of drug-likeness (QED) is 0.643. The van der Waals surface area contributed by atoms with Crippen molar-refractivity contribution < 1.29 is 4.39 Å². The largest absolute Gasteiger partial charge is 0.364 e. The van der Waals surface area contributed by atoms with Crippen molar-refractivity contribution in [1.29, 1.82) is 0 Å². The fraction of sp³-hybridized carbons (Fsp3) is 0. The fourth-order valence-electron chi connectivity index (χ4n) is 1.58. The van der Waals surface area contributed by atoms with Gasteiger partial charge in [0.15, 0.2) is 10.8 Å². The molecule has 0 saturated heterocycles. The van der Waals surface area contributed by atoms with Crippen LogP contribution in [0.4, 0.5) is 4.39 Å². The van der Waals surface area contributed by atoms with Crippen molar-refractivity contribution in [1.82, 2.24) is 19.8 Å². The molecule has 7 heteroatoms. The Labute approximate surface area is 92.5 Å². The lowest BCUT2D eigenvalue weighted by Crippen LogP contribution is -2.12. The molecule has 0 aliphatic heterocycles. The lowest BCUT2D eigenvalue weighted by Gasteiger charge is -2.00. The van der Waals surface area contributed by atoms with Gasteiger partial charge in [-0.25, -0.2) is 14.3 Å². The summed E-state index contributed by atoms with van der Waals surface area (Å²) in [7, 11) is 0. The summed E-state index contributed by atoms with van der Waals surface area (Å²) in [6.45, 7) is 0. The molecule has 1 N–H and O–H groups in total. The summed E-state index contributed by atoms with van der Waals surface area (Å²) in [5.41, 5.74) is -0.257. The molecule has 0 unspecified atom stereocenters. The van der Waals surface area contributed by atoms with Crippen LogP contribution in [0.2, 0.25) is 5.15 Å². The van der Waals surface area contributed by atoms with E-state index in [4.69, 9.17) is 11.6 Å². The van der Waals surface area contributed by atoms with Crippen LogP contribution >= 0.6 is 11.6 Å². The molecule has 80 valence electrons. The molecule has 0 saturated carbocycles. The summed E-state index contributed by atoms with van der Waals surface area (Å²) in [4.78, 5) is 11.3. The number of aromatic nitrogens is 4. The third kappa shape index (κ3) is 1.13. The van der Waals surface area contributed by atoms with Crippen molar-refractivity contribution in [2.75, 3.05) is 0 Å². The average Bonchev–Trinajstić information content (AvgIpc) is 2.61. The van der Waals surface area contributed by atoms with Crippen molar-refractivity contribution in [3.63, 3.8) is 0 Å². The first-order valence-electron chi connectivity index (χ1n) is 4.39. The number of hydrogen-bond donors (Lipinski definition) is 1. The predicted molar refractivity (Wildman–Crippen MR) is 56.1 cm³/mol.